The lowest BCUT2D eigenvalue weighted by Gasteiger charge is -2.42. The second-order valence-corrected chi connectivity index (χ2v) is 5.45. The maximum Gasteiger partial charge on any atom is 0.320 e. The van der Waals surface area contributed by atoms with Crippen LogP contribution in [0.25, 0.3) is 0 Å². The van der Waals surface area contributed by atoms with Crippen molar-refractivity contribution in [3.8, 4) is 0 Å². The van der Waals surface area contributed by atoms with Gasteiger partial charge in [-0.2, -0.15) is 0 Å². The molecule has 3 atom stereocenters. The average molecular weight is 256 g/mol. The van der Waals surface area contributed by atoms with E-state index in [-0.39, 0.29) is 6.04 Å². The molecule has 0 bridgehead atoms. The fourth-order valence-corrected chi connectivity index (χ4v) is 2.95. The SMILES string of the molecule is CC1CC(N2CCN(C(C)C(=O)O)CC2)CCO1. The van der Waals surface area contributed by atoms with E-state index in [1.54, 1.807) is 6.92 Å². The maximum absolute atomic E-state index is 11.0. The fourth-order valence-electron chi connectivity index (χ4n) is 2.95. The van der Waals surface area contributed by atoms with Gasteiger partial charge in [0.25, 0.3) is 0 Å². The third-order valence-corrected chi connectivity index (χ3v) is 4.23. The highest BCUT2D eigenvalue weighted by atomic mass is 16.5. The number of rotatable bonds is 3. The Morgan fingerprint density at radius 2 is 2.00 bits per heavy atom. The van der Waals surface area contributed by atoms with E-state index in [2.05, 4.69) is 16.7 Å². The highest BCUT2D eigenvalue weighted by molar-refractivity contribution is 5.72. The van der Waals surface area contributed by atoms with Gasteiger partial charge < -0.3 is 9.84 Å². The van der Waals surface area contributed by atoms with Crippen LogP contribution in [0.1, 0.15) is 26.7 Å². The van der Waals surface area contributed by atoms with Gasteiger partial charge in [0, 0.05) is 38.8 Å². The number of piperazine rings is 1. The summed E-state index contributed by atoms with van der Waals surface area (Å²) in [5, 5.41) is 9.01. The van der Waals surface area contributed by atoms with Crippen LogP contribution in [0.3, 0.4) is 0 Å². The van der Waals surface area contributed by atoms with Crippen LogP contribution < -0.4 is 0 Å². The Bertz CT molecular complexity index is 290. The fraction of sp³-hybridized carbons (Fsp3) is 0.923. The summed E-state index contributed by atoms with van der Waals surface area (Å²) < 4.78 is 5.57. The van der Waals surface area contributed by atoms with Crippen LogP contribution in [0.2, 0.25) is 0 Å². The molecule has 0 aromatic rings. The summed E-state index contributed by atoms with van der Waals surface area (Å²) >= 11 is 0. The lowest BCUT2D eigenvalue weighted by atomic mass is 10.0. The van der Waals surface area contributed by atoms with Gasteiger partial charge in [-0.05, 0) is 26.7 Å². The Morgan fingerprint density at radius 3 is 2.56 bits per heavy atom. The van der Waals surface area contributed by atoms with Crippen molar-refractivity contribution in [3.05, 3.63) is 0 Å². The van der Waals surface area contributed by atoms with E-state index in [0.29, 0.717) is 12.1 Å². The predicted octanol–water partition coefficient (Wildman–Crippen LogP) is 0.645. The van der Waals surface area contributed by atoms with E-state index < -0.39 is 5.97 Å². The molecule has 3 unspecified atom stereocenters. The molecule has 0 spiro atoms. The quantitative estimate of drug-likeness (QED) is 0.803. The summed E-state index contributed by atoms with van der Waals surface area (Å²) in [6.07, 6.45) is 2.58. The molecule has 0 aliphatic carbocycles. The van der Waals surface area contributed by atoms with Crippen LogP contribution in [0.15, 0.2) is 0 Å². The molecule has 0 saturated carbocycles. The maximum atomic E-state index is 11.0. The molecule has 18 heavy (non-hydrogen) atoms. The molecular formula is C13H24N2O3. The summed E-state index contributed by atoms with van der Waals surface area (Å²) in [7, 11) is 0. The molecule has 2 aliphatic rings. The van der Waals surface area contributed by atoms with Crippen LogP contribution in [0.5, 0.6) is 0 Å². The zero-order valence-electron chi connectivity index (χ0n) is 11.3. The first-order chi connectivity index (χ1) is 8.58. The molecular weight excluding hydrogens is 232 g/mol. The van der Waals surface area contributed by atoms with Crippen LogP contribution in [0, 0.1) is 0 Å². The number of hydrogen-bond donors (Lipinski definition) is 1. The Hall–Kier alpha value is -0.650. The van der Waals surface area contributed by atoms with Crippen molar-refractivity contribution in [1.82, 2.24) is 9.80 Å². The van der Waals surface area contributed by atoms with Gasteiger partial charge in [0.1, 0.15) is 6.04 Å². The molecule has 0 radical (unpaired) electrons. The van der Waals surface area contributed by atoms with Gasteiger partial charge in [0.2, 0.25) is 0 Å². The number of nitrogens with zero attached hydrogens (tertiary/aromatic N) is 2. The summed E-state index contributed by atoms with van der Waals surface area (Å²) in [5.41, 5.74) is 0. The monoisotopic (exact) mass is 256 g/mol. The molecule has 5 nitrogen and oxygen atoms in total. The Kier molecular flexibility index (Phi) is 4.59. The minimum atomic E-state index is -0.719. The van der Waals surface area contributed by atoms with Gasteiger partial charge in [-0.15, -0.1) is 0 Å². The van der Waals surface area contributed by atoms with Crippen molar-refractivity contribution < 1.29 is 14.6 Å². The first kappa shape index (κ1) is 13.8. The average Bonchev–Trinajstić information content (AvgIpc) is 2.38. The van der Waals surface area contributed by atoms with Gasteiger partial charge in [0.05, 0.1) is 6.10 Å². The number of ether oxygens (including phenoxy) is 1. The number of aliphatic carboxylic acids is 1. The first-order valence-electron chi connectivity index (χ1n) is 6.90. The van der Waals surface area contributed by atoms with E-state index in [1.165, 1.54) is 0 Å². The van der Waals surface area contributed by atoms with Crippen molar-refractivity contribution in [2.45, 2.75) is 44.9 Å². The van der Waals surface area contributed by atoms with Gasteiger partial charge in [-0.3, -0.25) is 14.6 Å². The summed E-state index contributed by atoms with van der Waals surface area (Å²) in [6.45, 7) is 8.45. The smallest absolute Gasteiger partial charge is 0.320 e. The minimum Gasteiger partial charge on any atom is -0.480 e. The van der Waals surface area contributed by atoms with Crippen molar-refractivity contribution >= 4 is 5.97 Å². The van der Waals surface area contributed by atoms with E-state index in [9.17, 15) is 4.79 Å². The highest BCUT2D eigenvalue weighted by Gasteiger charge is 2.30. The molecule has 0 aromatic carbocycles. The number of carboxylic acids is 1. The van der Waals surface area contributed by atoms with Gasteiger partial charge >= 0.3 is 5.97 Å². The van der Waals surface area contributed by atoms with Crippen molar-refractivity contribution in [1.29, 1.82) is 0 Å². The van der Waals surface area contributed by atoms with Crippen LogP contribution in [-0.4, -0.2) is 71.8 Å². The van der Waals surface area contributed by atoms with Crippen LogP contribution in [0.4, 0.5) is 0 Å². The molecule has 2 saturated heterocycles. The second-order valence-electron chi connectivity index (χ2n) is 5.45. The number of carbonyl (C=O) groups is 1. The highest BCUT2D eigenvalue weighted by Crippen LogP contribution is 2.20. The molecule has 0 amide bonds. The molecule has 1 N–H and O–H groups in total. The van der Waals surface area contributed by atoms with Crippen molar-refractivity contribution in [2.75, 3.05) is 32.8 Å². The second kappa shape index (κ2) is 5.99. The van der Waals surface area contributed by atoms with E-state index in [4.69, 9.17) is 9.84 Å². The van der Waals surface area contributed by atoms with Gasteiger partial charge in [-0.1, -0.05) is 0 Å². The normalized spacial score (nSPS) is 33.2. The molecule has 2 aliphatic heterocycles. The van der Waals surface area contributed by atoms with Crippen molar-refractivity contribution in [2.24, 2.45) is 0 Å². The predicted molar refractivity (Wildman–Crippen MR) is 68.7 cm³/mol. The largest absolute Gasteiger partial charge is 0.480 e. The Morgan fingerprint density at radius 1 is 1.33 bits per heavy atom. The molecule has 2 rings (SSSR count). The Labute approximate surface area is 109 Å². The minimum absolute atomic E-state index is 0.360. The third kappa shape index (κ3) is 3.22. The molecule has 5 heteroatoms. The third-order valence-electron chi connectivity index (χ3n) is 4.23. The summed E-state index contributed by atoms with van der Waals surface area (Å²) in [4.78, 5) is 15.5. The van der Waals surface area contributed by atoms with E-state index >= 15 is 0 Å². The van der Waals surface area contributed by atoms with Gasteiger partial charge in [0.15, 0.2) is 0 Å². The summed E-state index contributed by atoms with van der Waals surface area (Å²) in [5.74, 6) is -0.719. The zero-order valence-corrected chi connectivity index (χ0v) is 11.3. The first-order valence-corrected chi connectivity index (χ1v) is 6.90. The molecule has 104 valence electrons. The van der Waals surface area contributed by atoms with Crippen LogP contribution in [-0.2, 0) is 9.53 Å². The zero-order chi connectivity index (χ0) is 13.1. The molecule has 0 aromatic heterocycles. The van der Waals surface area contributed by atoms with Gasteiger partial charge in [-0.25, -0.2) is 0 Å². The standard InChI is InChI=1S/C13H24N2O3/c1-10-9-12(3-8-18-10)15-6-4-14(5-7-15)11(2)13(16)17/h10-12H,3-9H2,1-2H3,(H,16,17). The van der Waals surface area contributed by atoms with Crippen molar-refractivity contribution in [3.63, 3.8) is 0 Å². The Balaban J connectivity index is 1.81. The molecule has 2 heterocycles. The van der Waals surface area contributed by atoms with E-state index in [0.717, 1.165) is 45.6 Å². The number of hydrogen-bond acceptors (Lipinski definition) is 4. The lowest BCUT2D eigenvalue weighted by Crippen LogP contribution is -2.55. The van der Waals surface area contributed by atoms with Crippen LogP contribution >= 0.6 is 0 Å². The van der Waals surface area contributed by atoms with E-state index in [1.807, 2.05) is 0 Å². The topological polar surface area (TPSA) is 53.0 Å². The number of carboxylic acid groups (broad SMARTS) is 1. The summed E-state index contributed by atoms with van der Waals surface area (Å²) in [6, 6.07) is 0.261. The lowest BCUT2D eigenvalue weighted by molar-refractivity contribution is -0.143. The molecule has 2 fully saturated rings.